The third-order valence-electron chi connectivity index (χ3n) is 3.50. The van der Waals surface area contributed by atoms with E-state index in [1.54, 1.807) is 0 Å². The Morgan fingerprint density at radius 2 is 1.95 bits per heavy atom. The van der Waals surface area contributed by atoms with Crippen molar-refractivity contribution >= 4 is 11.9 Å². The number of anilines is 1. The van der Waals surface area contributed by atoms with Crippen LogP contribution >= 0.6 is 0 Å². The van der Waals surface area contributed by atoms with Gasteiger partial charge in [-0.2, -0.15) is 0 Å². The number of nitrogens with one attached hydrogen (secondary N) is 2. The zero-order valence-corrected chi connectivity index (χ0v) is 13.7. The molecule has 0 amide bonds. The molecular formula is C16H30N4. The van der Waals surface area contributed by atoms with Crippen LogP contribution in [0.4, 0.5) is 5.69 Å². The maximum atomic E-state index is 7.54. The Morgan fingerprint density at radius 1 is 1.35 bits per heavy atom. The third kappa shape index (κ3) is 4.62. The molecule has 4 heteroatoms. The van der Waals surface area contributed by atoms with Gasteiger partial charge in [0.05, 0.1) is 0 Å². The van der Waals surface area contributed by atoms with Crippen LogP contribution in [0.2, 0.25) is 0 Å². The van der Waals surface area contributed by atoms with E-state index in [1.807, 2.05) is 41.1 Å². The van der Waals surface area contributed by atoms with Crippen molar-refractivity contribution in [2.45, 2.75) is 33.2 Å². The molecular weight excluding hydrogens is 248 g/mol. The van der Waals surface area contributed by atoms with Gasteiger partial charge in [0.2, 0.25) is 0 Å². The van der Waals surface area contributed by atoms with Crippen LogP contribution in [0, 0.1) is 12.3 Å². The average Bonchev–Trinajstić information content (AvgIpc) is 2.47. The third-order valence-corrected chi connectivity index (χ3v) is 3.50. The summed E-state index contributed by atoms with van der Waals surface area (Å²) in [4.78, 5) is 2.15. The lowest BCUT2D eigenvalue weighted by Crippen LogP contribution is -2.37. The van der Waals surface area contributed by atoms with Crippen molar-refractivity contribution in [3.8, 4) is 0 Å². The Balaban J connectivity index is 0.00000172. The van der Waals surface area contributed by atoms with Crippen LogP contribution in [0.3, 0.4) is 0 Å². The molecule has 1 rings (SSSR count). The lowest BCUT2D eigenvalue weighted by Gasteiger charge is -2.24. The van der Waals surface area contributed by atoms with E-state index in [4.69, 9.17) is 11.1 Å². The second kappa shape index (κ2) is 9.50. The minimum atomic E-state index is 0.336. The van der Waals surface area contributed by atoms with E-state index in [2.05, 4.69) is 23.2 Å². The van der Waals surface area contributed by atoms with E-state index in [0.717, 1.165) is 23.2 Å². The Morgan fingerprint density at radius 3 is 2.35 bits per heavy atom. The van der Waals surface area contributed by atoms with Gasteiger partial charge >= 0.3 is 0 Å². The largest absolute Gasteiger partial charge is 0.388 e. The number of likely N-dealkylation sites (N-methyl/N-ethyl adjacent to an activating group) is 1. The number of nitrogens with two attached hydrogens (primary N) is 1. The maximum Gasteiger partial charge on any atom is 0.0429 e. The monoisotopic (exact) mass is 278 g/mol. The van der Waals surface area contributed by atoms with Crippen molar-refractivity contribution in [2.24, 2.45) is 5.73 Å². The van der Waals surface area contributed by atoms with Gasteiger partial charge in [0, 0.05) is 37.1 Å². The zero-order chi connectivity index (χ0) is 15.7. The molecule has 0 saturated heterocycles. The minimum Gasteiger partial charge on any atom is -0.388 e. The van der Waals surface area contributed by atoms with E-state index >= 15 is 0 Å². The fourth-order valence-corrected chi connectivity index (χ4v) is 2.13. The van der Waals surface area contributed by atoms with Crippen LogP contribution in [0.5, 0.6) is 0 Å². The quantitative estimate of drug-likeness (QED) is 0.700. The van der Waals surface area contributed by atoms with E-state index < -0.39 is 0 Å². The van der Waals surface area contributed by atoms with E-state index in [-0.39, 0.29) is 0 Å². The summed E-state index contributed by atoms with van der Waals surface area (Å²) < 4.78 is 0. The molecule has 0 heterocycles. The molecule has 0 aromatic heterocycles. The van der Waals surface area contributed by atoms with Gasteiger partial charge in [-0.15, -0.1) is 0 Å². The summed E-state index contributed by atoms with van der Waals surface area (Å²) in [7, 11) is 5.97. The first-order valence-electron chi connectivity index (χ1n) is 7.22. The molecule has 0 aliphatic carbocycles. The first-order valence-corrected chi connectivity index (χ1v) is 7.22. The van der Waals surface area contributed by atoms with Crippen molar-refractivity contribution in [3.63, 3.8) is 0 Å². The molecule has 4 nitrogen and oxygen atoms in total. The molecule has 0 aliphatic rings. The molecule has 0 saturated carbocycles. The summed E-state index contributed by atoms with van der Waals surface area (Å²) in [5, 5.41) is 10.7. The van der Waals surface area contributed by atoms with Gasteiger partial charge in [-0.25, -0.2) is 0 Å². The molecule has 20 heavy (non-hydrogen) atoms. The van der Waals surface area contributed by atoms with Crippen LogP contribution in [0.1, 0.15) is 30.5 Å². The Hall–Kier alpha value is -1.39. The van der Waals surface area contributed by atoms with Crippen LogP contribution in [-0.2, 0) is 6.42 Å². The highest BCUT2D eigenvalue weighted by Gasteiger charge is 2.14. The summed E-state index contributed by atoms with van der Waals surface area (Å²) in [5.74, 6) is 0. The van der Waals surface area contributed by atoms with E-state index in [1.165, 1.54) is 11.8 Å². The summed E-state index contributed by atoms with van der Waals surface area (Å²) in [6.07, 6.45) is 2.33. The molecule has 0 radical (unpaired) electrons. The molecule has 1 unspecified atom stereocenters. The predicted molar refractivity (Wildman–Crippen MR) is 90.2 cm³/mol. The van der Waals surface area contributed by atoms with Gasteiger partial charge in [0.25, 0.3) is 0 Å². The van der Waals surface area contributed by atoms with Gasteiger partial charge < -0.3 is 21.4 Å². The second-order valence-electron chi connectivity index (χ2n) is 4.76. The molecule has 0 bridgehead atoms. The number of benzene rings is 1. The summed E-state index contributed by atoms with van der Waals surface area (Å²) >= 11 is 0. The Kier molecular flexibility index (Phi) is 8.84. The molecule has 0 fully saturated rings. The summed E-state index contributed by atoms with van der Waals surface area (Å²) in [6, 6.07) is 4.49. The van der Waals surface area contributed by atoms with Crippen molar-refractivity contribution in [1.29, 1.82) is 5.41 Å². The van der Waals surface area contributed by atoms with Crippen molar-refractivity contribution in [3.05, 3.63) is 28.8 Å². The van der Waals surface area contributed by atoms with Gasteiger partial charge in [-0.1, -0.05) is 19.9 Å². The normalized spacial score (nSPS) is 11.6. The fraction of sp³-hybridized carbons (Fsp3) is 0.562. The molecule has 1 atom stereocenters. The van der Waals surface area contributed by atoms with Crippen molar-refractivity contribution in [2.75, 3.05) is 33.0 Å². The summed E-state index contributed by atoms with van der Waals surface area (Å²) in [6.45, 7) is 6.71. The van der Waals surface area contributed by atoms with Gasteiger partial charge in [-0.3, -0.25) is 0 Å². The van der Waals surface area contributed by atoms with Crippen molar-refractivity contribution in [1.82, 2.24) is 4.90 Å². The zero-order valence-electron chi connectivity index (χ0n) is 13.7. The lowest BCUT2D eigenvalue weighted by molar-refractivity contribution is 0.297. The standard InChI is InChI=1S/C14H24N4.C2H6/c1-10-11(7-12(8-15)18(3)4)5-6-14(17-2)13(10)9-16;1-2/h5-6,9,12,16-17H,7-8,15H2,1-4H3;1-2H3. The molecule has 0 aliphatic heterocycles. The average molecular weight is 278 g/mol. The van der Waals surface area contributed by atoms with Gasteiger partial charge in [0.1, 0.15) is 0 Å². The van der Waals surface area contributed by atoms with Crippen LogP contribution in [-0.4, -0.2) is 44.8 Å². The predicted octanol–water partition coefficient (Wildman–Crippen LogP) is 2.49. The first-order chi connectivity index (χ1) is 9.54. The highest BCUT2D eigenvalue weighted by atomic mass is 15.1. The van der Waals surface area contributed by atoms with Crippen molar-refractivity contribution < 1.29 is 0 Å². The van der Waals surface area contributed by atoms with Crippen LogP contribution in [0.25, 0.3) is 0 Å². The molecule has 1 aromatic carbocycles. The van der Waals surface area contributed by atoms with Gasteiger partial charge in [0.15, 0.2) is 0 Å². The topological polar surface area (TPSA) is 65.1 Å². The highest BCUT2D eigenvalue weighted by molar-refractivity contribution is 5.88. The minimum absolute atomic E-state index is 0.336. The Bertz CT molecular complexity index is 413. The highest BCUT2D eigenvalue weighted by Crippen LogP contribution is 2.22. The van der Waals surface area contributed by atoms with Gasteiger partial charge in [-0.05, 0) is 44.6 Å². The smallest absolute Gasteiger partial charge is 0.0429 e. The second-order valence-corrected chi connectivity index (χ2v) is 4.76. The molecule has 4 N–H and O–H groups in total. The van der Waals surface area contributed by atoms with E-state index in [0.29, 0.717) is 12.6 Å². The fourth-order valence-electron chi connectivity index (χ4n) is 2.13. The van der Waals surface area contributed by atoms with Crippen LogP contribution < -0.4 is 11.1 Å². The summed E-state index contributed by atoms with van der Waals surface area (Å²) in [5.41, 5.74) is 10.2. The maximum absolute atomic E-state index is 7.54. The van der Waals surface area contributed by atoms with E-state index in [9.17, 15) is 0 Å². The number of nitrogens with zero attached hydrogens (tertiary/aromatic N) is 1. The first kappa shape index (κ1) is 18.6. The number of hydrogen-bond donors (Lipinski definition) is 3. The van der Waals surface area contributed by atoms with Crippen LogP contribution in [0.15, 0.2) is 12.1 Å². The number of hydrogen-bond acceptors (Lipinski definition) is 4. The molecule has 114 valence electrons. The molecule has 0 spiro atoms. The Labute approximate surface area is 123 Å². The molecule has 1 aromatic rings. The SMILES string of the molecule is CC.CNc1ccc(CC(CN)N(C)C)c(C)c1C=N. The number of rotatable bonds is 6. The lowest BCUT2D eigenvalue weighted by atomic mass is 9.95.